The molecule has 17 heteroatoms. The van der Waals surface area contributed by atoms with Crippen molar-refractivity contribution in [3.05, 3.63) is 56.3 Å². The second-order valence-electron chi connectivity index (χ2n) is 3.55. The summed E-state index contributed by atoms with van der Waals surface area (Å²) in [4.78, 5) is 45.1. The van der Waals surface area contributed by atoms with Crippen LogP contribution >= 0.6 is 0 Å². The van der Waals surface area contributed by atoms with Crippen LogP contribution in [0.1, 0.15) is 5.69 Å². The van der Waals surface area contributed by atoms with Gasteiger partial charge < -0.3 is 10.1 Å². The molecule has 17 nitrogen and oxygen atoms in total. The van der Waals surface area contributed by atoms with E-state index in [1.54, 1.807) is 0 Å². The lowest BCUT2D eigenvalue weighted by Crippen LogP contribution is -2.56. The first kappa shape index (κ1) is 16.3. The van der Waals surface area contributed by atoms with Crippen LogP contribution in [0.2, 0.25) is 0 Å². The Morgan fingerprint density at radius 2 is 1.27 bits per heavy atom. The zero-order valence-electron chi connectivity index (χ0n) is 10.2. The smallest absolute Gasteiger partial charge is 0.358 e. The van der Waals surface area contributed by atoms with Crippen molar-refractivity contribution in [2.75, 3.05) is 0 Å². The van der Waals surface area contributed by atoms with Gasteiger partial charge in [-0.15, -0.1) is 0 Å². The molecule has 0 saturated heterocycles. The number of nitro groups is 5. The first-order valence-corrected chi connectivity index (χ1v) is 4.81. The monoisotopic (exact) mass is 321 g/mol. The van der Waals surface area contributed by atoms with E-state index in [1.807, 2.05) is 0 Å². The standard InChI is InChI=1S/C5H3N7O10/c1-2-3(8(13)14)4(9(15)16)6-7(2)5(10(17)18,11(19)20)12(21)22/h1H3. The Morgan fingerprint density at radius 3 is 1.50 bits per heavy atom. The molecule has 0 N–H and O–H groups in total. The van der Waals surface area contributed by atoms with Crippen LogP contribution in [0.25, 0.3) is 0 Å². The van der Waals surface area contributed by atoms with Gasteiger partial charge in [0.15, 0.2) is 5.69 Å². The van der Waals surface area contributed by atoms with Gasteiger partial charge >= 0.3 is 17.4 Å². The van der Waals surface area contributed by atoms with E-state index < -0.39 is 52.4 Å². The molecule has 0 spiro atoms. The molecule has 0 aliphatic carbocycles. The third-order valence-corrected chi connectivity index (χ3v) is 2.44. The summed E-state index contributed by atoms with van der Waals surface area (Å²) in [6, 6.07) is 0. The molecule has 0 radical (unpaired) electrons. The maximum atomic E-state index is 10.8. The Balaban J connectivity index is 3.95. The summed E-state index contributed by atoms with van der Waals surface area (Å²) in [6.45, 7) is 0.614. The zero-order valence-corrected chi connectivity index (χ0v) is 10.2. The van der Waals surface area contributed by atoms with Crippen molar-refractivity contribution in [2.45, 2.75) is 12.8 Å². The molecule has 0 aliphatic rings. The third kappa shape index (κ3) is 1.92. The fourth-order valence-electron chi connectivity index (χ4n) is 1.54. The zero-order chi connectivity index (χ0) is 17.4. The van der Waals surface area contributed by atoms with Crippen LogP contribution in [-0.2, 0) is 5.91 Å². The molecule has 1 aromatic rings. The Morgan fingerprint density at radius 1 is 0.864 bits per heavy atom. The Hall–Kier alpha value is -3.79. The van der Waals surface area contributed by atoms with E-state index in [0.29, 0.717) is 6.92 Å². The van der Waals surface area contributed by atoms with Crippen LogP contribution in [0, 0.1) is 57.5 Å². The van der Waals surface area contributed by atoms with Gasteiger partial charge in [-0.2, -0.15) is 0 Å². The minimum Gasteiger partial charge on any atom is -0.358 e. The maximum Gasteiger partial charge on any atom is 0.838 e. The average Bonchev–Trinajstić information content (AvgIpc) is 2.67. The van der Waals surface area contributed by atoms with Crippen LogP contribution in [0.4, 0.5) is 11.5 Å². The molecular weight excluding hydrogens is 318 g/mol. The second-order valence-corrected chi connectivity index (χ2v) is 3.55. The van der Waals surface area contributed by atoms with Crippen molar-refractivity contribution in [1.82, 2.24) is 9.78 Å². The highest BCUT2D eigenvalue weighted by atomic mass is 16.7. The molecule has 0 aliphatic heterocycles. The minimum absolute atomic E-state index is 0.580. The molecule has 0 unspecified atom stereocenters. The van der Waals surface area contributed by atoms with Gasteiger partial charge in [-0.1, -0.05) is 0 Å². The van der Waals surface area contributed by atoms with E-state index in [4.69, 9.17) is 0 Å². The highest BCUT2D eigenvalue weighted by Crippen LogP contribution is 2.33. The van der Waals surface area contributed by atoms with Gasteiger partial charge in [-0.25, -0.2) is 0 Å². The molecule has 0 bridgehead atoms. The Labute approximate surface area is 116 Å². The summed E-state index contributed by atoms with van der Waals surface area (Å²) in [5, 5.41) is 56.6. The lowest BCUT2D eigenvalue weighted by molar-refractivity contribution is -1.01. The molecule has 0 amide bonds. The second kappa shape index (κ2) is 4.96. The SMILES string of the molecule is Cc1c([N+](=O)[O-])c([N+](=O)[O-])nn1C([N+](=O)[O-])([N+](=O)[O-])[N+](=O)[O-]. The van der Waals surface area contributed by atoms with Crippen molar-refractivity contribution in [3.8, 4) is 0 Å². The Kier molecular flexibility index (Phi) is 3.66. The molecular formula is C5H3N7O10. The van der Waals surface area contributed by atoms with Crippen LogP contribution in [0.3, 0.4) is 0 Å². The lowest BCUT2D eigenvalue weighted by Gasteiger charge is -2.05. The molecule has 0 fully saturated rings. The van der Waals surface area contributed by atoms with Gasteiger partial charge in [-0.05, 0) is 11.8 Å². The van der Waals surface area contributed by atoms with E-state index in [0.717, 1.165) is 0 Å². The molecule has 0 atom stereocenters. The summed E-state index contributed by atoms with van der Waals surface area (Å²) in [5.41, 5.74) is -2.53. The van der Waals surface area contributed by atoms with Gasteiger partial charge in [-0.3, -0.25) is 40.5 Å². The predicted molar refractivity (Wildman–Crippen MR) is 59.2 cm³/mol. The topological polar surface area (TPSA) is 234 Å². The summed E-state index contributed by atoms with van der Waals surface area (Å²) < 4.78 is -0.580. The van der Waals surface area contributed by atoms with Crippen molar-refractivity contribution in [3.63, 3.8) is 0 Å². The predicted octanol–water partition coefficient (Wildman–Crippen LogP) is -0.594. The first-order valence-electron chi connectivity index (χ1n) is 4.81. The maximum absolute atomic E-state index is 10.8. The van der Waals surface area contributed by atoms with Crippen molar-refractivity contribution >= 4 is 11.5 Å². The van der Waals surface area contributed by atoms with Crippen molar-refractivity contribution in [2.24, 2.45) is 0 Å². The fraction of sp³-hybridized carbons (Fsp3) is 0.400. The normalized spacial score (nSPS) is 11.0. The number of hydrogen-bond acceptors (Lipinski definition) is 11. The van der Waals surface area contributed by atoms with Gasteiger partial charge in [0.2, 0.25) is 14.8 Å². The summed E-state index contributed by atoms with van der Waals surface area (Å²) >= 11 is 0. The van der Waals surface area contributed by atoms with Crippen molar-refractivity contribution in [1.29, 1.82) is 0 Å². The molecule has 0 saturated carbocycles. The fourth-order valence-corrected chi connectivity index (χ4v) is 1.54. The van der Waals surface area contributed by atoms with E-state index in [-0.39, 0.29) is 0 Å². The van der Waals surface area contributed by atoms with Crippen molar-refractivity contribution < 1.29 is 24.6 Å². The number of nitrogens with zero attached hydrogens (tertiary/aromatic N) is 7. The summed E-state index contributed by atoms with van der Waals surface area (Å²) in [7, 11) is 0. The van der Waals surface area contributed by atoms with E-state index >= 15 is 0 Å². The molecule has 0 aromatic carbocycles. The number of hydrogen-bond donors (Lipinski definition) is 0. The van der Waals surface area contributed by atoms with E-state index in [2.05, 4.69) is 5.10 Å². The van der Waals surface area contributed by atoms with Crippen LogP contribution in [0.15, 0.2) is 0 Å². The molecule has 1 aromatic heterocycles. The molecule has 118 valence electrons. The first-order chi connectivity index (χ1) is 9.99. The largest absolute Gasteiger partial charge is 0.838 e. The lowest BCUT2D eigenvalue weighted by atomic mass is 10.4. The summed E-state index contributed by atoms with van der Waals surface area (Å²) in [6.07, 6.45) is 0. The average molecular weight is 321 g/mol. The van der Waals surface area contributed by atoms with Crippen LogP contribution in [-0.4, -0.2) is 34.4 Å². The molecule has 1 heterocycles. The van der Waals surface area contributed by atoms with Gasteiger partial charge in [0.25, 0.3) is 0 Å². The number of aromatic nitrogens is 2. The van der Waals surface area contributed by atoms with Gasteiger partial charge in [0.1, 0.15) is 0 Å². The molecule has 22 heavy (non-hydrogen) atoms. The Bertz CT molecular complexity index is 683. The molecule has 1 rings (SSSR count). The highest BCUT2D eigenvalue weighted by Gasteiger charge is 2.78. The van der Waals surface area contributed by atoms with Gasteiger partial charge in [0.05, 0.1) is 10.0 Å². The van der Waals surface area contributed by atoms with Crippen LogP contribution < -0.4 is 0 Å². The third-order valence-electron chi connectivity index (χ3n) is 2.44. The number of rotatable bonds is 6. The quantitative estimate of drug-likeness (QED) is 0.364. The highest BCUT2D eigenvalue weighted by molar-refractivity contribution is 5.50. The minimum atomic E-state index is -4.37. The van der Waals surface area contributed by atoms with Crippen LogP contribution in [0.5, 0.6) is 0 Å². The van der Waals surface area contributed by atoms with Gasteiger partial charge in [0, 0.05) is 4.68 Å². The summed E-state index contributed by atoms with van der Waals surface area (Å²) in [5.74, 6) is -5.97. The van der Waals surface area contributed by atoms with E-state index in [1.165, 1.54) is 0 Å². The van der Waals surface area contributed by atoms with E-state index in [9.17, 15) is 50.6 Å².